The lowest BCUT2D eigenvalue weighted by Crippen LogP contribution is -2.13. The van der Waals surface area contributed by atoms with Crippen LogP contribution < -0.4 is 0 Å². The fraction of sp³-hybridized carbons (Fsp3) is 0.136. The van der Waals surface area contributed by atoms with Crippen LogP contribution in [-0.4, -0.2) is 78.5 Å². The fourth-order valence-electron chi connectivity index (χ4n) is 8.99. The molecule has 0 aliphatic heterocycles. The summed E-state index contributed by atoms with van der Waals surface area (Å²) in [6.45, 7) is 4.68. The van der Waals surface area contributed by atoms with Crippen LogP contribution in [0.25, 0.3) is 33.4 Å². The van der Waals surface area contributed by atoms with E-state index in [0.29, 0.717) is 16.7 Å². The smallest absolute Gasteiger partial charge is 0.417 e. The Balaban J connectivity index is 1.15. The largest absolute Gasteiger partial charge is 0.478 e. The van der Waals surface area contributed by atoms with Crippen molar-refractivity contribution in [1.29, 1.82) is 0 Å². The minimum Gasteiger partial charge on any atom is -0.478 e. The molecule has 14 nitrogen and oxygen atoms in total. The van der Waals surface area contributed by atoms with Crippen LogP contribution in [0.1, 0.15) is 140 Å². The maximum absolute atomic E-state index is 14.9. The first kappa shape index (κ1) is 54.1. The molecule has 0 amide bonds. The van der Waals surface area contributed by atoms with Crippen molar-refractivity contribution in [1.82, 2.24) is 0 Å². The fourth-order valence-corrected chi connectivity index (χ4v) is 8.99. The summed E-state index contributed by atoms with van der Waals surface area (Å²) in [4.78, 5) is 114. The topological polar surface area (TPSA) is 255 Å². The number of rotatable bonds is 19. The van der Waals surface area contributed by atoms with Crippen molar-refractivity contribution in [3.8, 4) is 33.4 Å². The van der Waals surface area contributed by atoms with Crippen LogP contribution in [0.2, 0.25) is 0 Å². The van der Waals surface area contributed by atoms with E-state index in [-0.39, 0.29) is 102 Å². The number of carboxylic acid groups (broad SMARTS) is 5. The number of carbonyl (C=O) groups excluding carboxylic acids is 4. The molecule has 7 aromatic carbocycles. The van der Waals surface area contributed by atoms with Crippen molar-refractivity contribution in [2.75, 3.05) is 0 Å². The second-order valence-corrected chi connectivity index (χ2v) is 17.9. The highest BCUT2D eigenvalue weighted by Gasteiger charge is 2.35. The van der Waals surface area contributed by atoms with Gasteiger partial charge in [-0.15, -0.1) is 0 Å². The summed E-state index contributed by atoms with van der Waals surface area (Å²) < 4.78 is 44.7. The summed E-state index contributed by atoms with van der Waals surface area (Å²) in [5, 5.41) is 49.1. The number of hydrogen-bond acceptors (Lipinski definition) is 9. The Bertz CT molecular complexity index is 3640. The Morgan fingerprint density at radius 1 is 0.382 bits per heavy atom. The lowest BCUT2D eigenvalue weighted by Gasteiger charge is -2.17. The Hall–Kier alpha value is -9.64. The SMILES string of the molecule is CCC(=O)c1cc(-c2ccc(C(=O)O)c(C(=O)Cc3ccc(-c4ccc(CC(=O)c5cc(-c6ccc(C(=O)O)c(C(=O)Cc7cc(C)cc(C(=O)O)c7)c6)ccc5C(=O)O)cc4C)c(C(F)(F)F)c3)c2)ccc1C(=O)O. The van der Waals surface area contributed by atoms with E-state index in [1.165, 1.54) is 110 Å². The minimum atomic E-state index is -4.97. The third-order valence-corrected chi connectivity index (χ3v) is 12.6. The van der Waals surface area contributed by atoms with Crippen molar-refractivity contribution in [2.24, 2.45) is 0 Å². The maximum Gasteiger partial charge on any atom is 0.417 e. The number of Topliss-reactive ketones (excluding diaryl/α,β-unsaturated/α-hetero) is 4. The van der Waals surface area contributed by atoms with Gasteiger partial charge in [0.15, 0.2) is 23.1 Å². The minimum absolute atomic E-state index is 0.0183. The Morgan fingerprint density at radius 3 is 1.11 bits per heavy atom. The summed E-state index contributed by atoms with van der Waals surface area (Å²) in [6, 6.07) is 27.0. The molecule has 0 radical (unpaired) electrons. The average molecular weight is 1030 g/mol. The highest BCUT2D eigenvalue weighted by atomic mass is 19.4. The first-order chi connectivity index (χ1) is 35.8. The summed E-state index contributed by atoms with van der Waals surface area (Å²) in [5.41, 5.74) is -1.42. The number of carboxylic acids is 5. The molecule has 0 spiro atoms. The molecule has 0 aliphatic carbocycles. The summed E-state index contributed by atoms with van der Waals surface area (Å²) in [6.07, 6.45) is -6.42. The van der Waals surface area contributed by atoms with E-state index in [9.17, 15) is 81.9 Å². The van der Waals surface area contributed by atoms with Gasteiger partial charge in [0.2, 0.25) is 0 Å². The van der Waals surface area contributed by atoms with Gasteiger partial charge in [-0.3, -0.25) is 19.2 Å². The number of halogens is 3. The third kappa shape index (κ3) is 11.7. The van der Waals surface area contributed by atoms with Gasteiger partial charge in [0.05, 0.1) is 33.4 Å². The van der Waals surface area contributed by atoms with Crippen molar-refractivity contribution < 1.29 is 81.9 Å². The molecular formula is C59H43F3O14. The number of aromatic carboxylic acids is 5. The normalized spacial score (nSPS) is 11.2. The van der Waals surface area contributed by atoms with Gasteiger partial charge < -0.3 is 25.5 Å². The standard InChI is InChI=1S/C59H43F3O14/c1-4-50(63)45-25-34(7-13-41(45)55(69)70)35-8-14-43(57(73)74)47(26-35)52(65)23-32-6-12-40(49(21-32)59(60,61)62)39-11-5-31(19-30(39)3)22-51(64)46-27-36(9-15-42(46)56(71)72)37-10-16-44(58(75)76)48(28-37)53(66)24-33-17-29(2)18-38(20-33)54(67)68/h5-21,25-28H,4,22-24H2,1-3H3,(H,67,68)(H,69,70)(H,71,72)(H,73,74)(H,75,76). The molecular weight excluding hydrogens is 990 g/mol. The molecule has 0 atom stereocenters. The van der Waals surface area contributed by atoms with E-state index in [1.54, 1.807) is 19.9 Å². The third-order valence-electron chi connectivity index (χ3n) is 12.6. The Morgan fingerprint density at radius 2 is 0.750 bits per heavy atom. The number of carbonyl (C=O) groups is 9. The molecule has 0 fully saturated rings. The number of alkyl halides is 3. The molecule has 0 aromatic heterocycles. The van der Waals surface area contributed by atoms with Gasteiger partial charge in [-0.05, 0) is 142 Å². The van der Waals surface area contributed by atoms with E-state index in [4.69, 9.17) is 0 Å². The quantitative estimate of drug-likeness (QED) is 0.0472. The van der Waals surface area contributed by atoms with Crippen LogP contribution in [-0.2, 0) is 25.4 Å². The molecule has 0 unspecified atom stereocenters. The van der Waals surface area contributed by atoms with E-state index in [0.717, 1.165) is 18.2 Å². The van der Waals surface area contributed by atoms with Crippen LogP contribution in [0.15, 0.2) is 127 Å². The first-order valence-corrected chi connectivity index (χ1v) is 23.1. The van der Waals surface area contributed by atoms with Crippen molar-refractivity contribution >= 4 is 53.0 Å². The molecule has 0 aliphatic rings. The van der Waals surface area contributed by atoms with Crippen LogP contribution in [0, 0.1) is 13.8 Å². The summed E-state index contributed by atoms with van der Waals surface area (Å²) in [7, 11) is 0. The molecule has 0 saturated heterocycles. The van der Waals surface area contributed by atoms with Gasteiger partial charge in [0.1, 0.15) is 0 Å². The highest BCUT2D eigenvalue weighted by Crippen LogP contribution is 2.40. The number of benzene rings is 7. The molecule has 76 heavy (non-hydrogen) atoms. The van der Waals surface area contributed by atoms with E-state index < -0.39 is 83.1 Å². The van der Waals surface area contributed by atoms with Crippen molar-refractivity contribution in [3.05, 3.63) is 211 Å². The molecule has 7 aromatic rings. The van der Waals surface area contributed by atoms with E-state index in [2.05, 4.69) is 0 Å². The van der Waals surface area contributed by atoms with Gasteiger partial charge in [0.25, 0.3) is 0 Å². The van der Waals surface area contributed by atoms with Crippen LogP contribution in [0.3, 0.4) is 0 Å². The Kier molecular flexibility index (Phi) is 15.6. The van der Waals surface area contributed by atoms with E-state index in [1.807, 2.05) is 0 Å². The monoisotopic (exact) mass is 1030 g/mol. The van der Waals surface area contributed by atoms with Crippen LogP contribution in [0.5, 0.6) is 0 Å². The second-order valence-electron chi connectivity index (χ2n) is 17.9. The van der Waals surface area contributed by atoms with Crippen molar-refractivity contribution in [2.45, 2.75) is 52.6 Å². The molecule has 0 saturated carbocycles. The zero-order valence-electron chi connectivity index (χ0n) is 40.5. The van der Waals surface area contributed by atoms with Crippen molar-refractivity contribution in [3.63, 3.8) is 0 Å². The molecule has 0 heterocycles. The van der Waals surface area contributed by atoms with Crippen LogP contribution >= 0.6 is 0 Å². The van der Waals surface area contributed by atoms with Gasteiger partial charge in [-0.2, -0.15) is 13.2 Å². The first-order valence-electron chi connectivity index (χ1n) is 23.1. The lowest BCUT2D eigenvalue weighted by molar-refractivity contribution is -0.137. The number of aryl methyl sites for hydroxylation is 2. The van der Waals surface area contributed by atoms with E-state index >= 15 is 0 Å². The maximum atomic E-state index is 14.9. The van der Waals surface area contributed by atoms with Gasteiger partial charge in [-0.25, -0.2) is 24.0 Å². The summed E-state index contributed by atoms with van der Waals surface area (Å²) >= 11 is 0. The lowest BCUT2D eigenvalue weighted by atomic mass is 9.89. The highest BCUT2D eigenvalue weighted by molar-refractivity contribution is 6.11. The summed E-state index contributed by atoms with van der Waals surface area (Å²) in [5.74, 6) is -9.63. The Labute approximate surface area is 430 Å². The van der Waals surface area contributed by atoms with Gasteiger partial charge >= 0.3 is 36.0 Å². The molecule has 17 heteroatoms. The van der Waals surface area contributed by atoms with Gasteiger partial charge in [-0.1, -0.05) is 67.6 Å². The molecule has 5 N–H and O–H groups in total. The molecule has 0 bridgehead atoms. The number of hydrogen-bond donors (Lipinski definition) is 5. The second kappa shape index (κ2) is 21.8. The van der Waals surface area contributed by atoms with Gasteiger partial charge in [0, 0.05) is 47.9 Å². The predicted octanol–water partition coefficient (Wildman–Crippen LogP) is 11.7. The van der Waals surface area contributed by atoms with Crippen LogP contribution in [0.4, 0.5) is 13.2 Å². The predicted molar refractivity (Wildman–Crippen MR) is 270 cm³/mol. The zero-order chi connectivity index (χ0) is 55.5. The molecule has 384 valence electrons. The number of ketones is 4. The zero-order valence-corrected chi connectivity index (χ0v) is 40.5. The average Bonchev–Trinajstić information content (AvgIpc) is 3.38. The molecule has 7 rings (SSSR count).